The Hall–Kier alpha value is -0.570. The molecule has 0 aliphatic carbocycles. The lowest BCUT2D eigenvalue weighted by atomic mass is 10.8. The van der Waals surface area contributed by atoms with Gasteiger partial charge in [0.2, 0.25) is 0 Å². The van der Waals surface area contributed by atoms with Gasteiger partial charge in [-0.15, -0.1) is 0 Å². The largest absolute Gasteiger partial charge is 0.379 e. The van der Waals surface area contributed by atoms with Gasteiger partial charge in [0.15, 0.2) is 0 Å². The molecule has 0 aromatic carbocycles. The van der Waals surface area contributed by atoms with Crippen LogP contribution < -0.4 is 5.43 Å². The van der Waals surface area contributed by atoms with Crippen molar-refractivity contribution in [3.8, 4) is 0 Å². The molecule has 0 bridgehead atoms. The second kappa shape index (κ2) is 5.43. The minimum Gasteiger partial charge on any atom is -0.379 e. The van der Waals surface area contributed by atoms with E-state index in [0.717, 1.165) is 0 Å². The lowest BCUT2D eigenvalue weighted by Crippen LogP contribution is -1.97. The lowest BCUT2D eigenvalue weighted by molar-refractivity contribution is 0.248. The standard InChI is InChI=1S/C4H10N2O/c1-5-6-3-4-7-2/h3,5H,4H2,1-2H3/b6-3+. The fraction of sp³-hybridized carbons (Fsp3) is 0.750. The van der Waals surface area contributed by atoms with E-state index in [-0.39, 0.29) is 0 Å². The summed E-state index contributed by atoms with van der Waals surface area (Å²) in [7, 11) is 3.37. The predicted molar refractivity (Wildman–Crippen MR) is 29.4 cm³/mol. The molecule has 0 unspecified atom stereocenters. The number of hydrogen-bond acceptors (Lipinski definition) is 3. The molecule has 3 nitrogen and oxygen atoms in total. The van der Waals surface area contributed by atoms with Crippen LogP contribution in [0.1, 0.15) is 0 Å². The van der Waals surface area contributed by atoms with Crippen molar-refractivity contribution in [2.75, 3.05) is 20.8 Å². The third-order valence-corrected chi connectivity index (χ3v) is 0.462. The van der Waals surface area contributed by atoms with Crippen LogP contribution in [-0.4, -0.2) is 27.0 Å². The van der Waals surface area contributed by atoms with Crippen LogP contribution in [0.15, 0.2) is 5.10 Å². The molecule has 7 heavy (non-hydrogen) atoms. The van der Waals surface area contributed by atoms with Crippen molar-refractivity contribution in [3.05, 3.63) is 0 Å². The van der Waals surface area contributed by atoms with Gasteiger partial charge in [0.1, 0.15) is 0 Å². The van der Waals surface area contributed by atoms with E-state index in [2.05, 4.69) is 15.3 Å². The number of nitrogens with one attached hydrogen (secondary N) is 1. The minimum atomic E-state index is 0.570. The highest BCUT2D eigenvalue weighted by atomic mass is 16.5. The Bertz CT molecular complexity index is 53.7. The molecular weight excluding hydrogens is 92.1 g/mol. The monoisotopic (exact) mass is 102 g/mol. The fourth-order valence-electron chi connectivity index (χ4n) is 0.203. The van der Waals surface area contributed by atoms with E-state index in [1.807, 2.05) is 0 Å². The molecule has 1 N–H and O–H groups in total. The highest BCUT2D eigenvalue weighted by molar-refractivity contribution is 5.57. The summed E-state index contributed by atoms with van der Waals surface area (Å²) >= 11 is 0. The number of nitrogens with zero attached hydrogens (tertiary/aromatic N) is 1. The van der Waals surface area contributed by atoms with Crippen LogP contribution in [0.3, 0.4) is 0 Å². The van der Waals surface area contributed by atoms with E-state index in [0.29, 0.717) is 6.61 Å². The summed E-state index contributed by atoms with van der Waals surface area (Å²) in [5.74, 6) is 0. The van der Waals surface area contributed by atoms with Gasteiger partial charge in [-0.3, -0.25) is 0 Å². The summed E-state index contributed by atoms with van der Waals surface area (Å²) in [6, 6.07) is 0. The molecule has 42 valence electrons. The van der Waals surface area contributed by atoms with Crippen molar-refractivity contribution in [1.82, 2.24) is 5.43 Å². The Morgan fingerprint density at radius 1 is 1.86 bits per heavy atom. The Morgan fingerprint density at radius 3 is 3.00 bits per heavy atom. The topological polar surface area (TPSA) is 33.6 Å². The molecule has 0 aromatic heterocycles. The summed E-state index contributed by atoms with van der Waals surface area (Å²) in [6.07, 6.45) is 1.65. The summed E-state index contributed by atoms with van der Waals surface area (Å²) in [4.78, 5) is 0. The van der Waals surface area contributed by atoms with Crippen molar-refractivity contribution in [1.29, 1.82) is 0 Å². The summed E-state index contributed by atoms with van der Waals surface area (Å²) < 4.78 is 4.65. The van der Waals surface area contributed by atoms with E-state index in [4.69, 9.17) is 0 Å². The van der Waals surface area contributed by atoms with Crippen LogP contribution >= 0.6 is 0 Å². The molecule has 0 aliphatic rings. The molecule has 0 radical (unpaired) electrons. The highest BCUT2D eigenvalue weighted by Crippen LogP contribution is 1.57. The molecule has 0 spiro atoms. The first-order valence-corrected chi connectivity index (χ1v) is 2.09. The van der Waals surface area contributed by atoms with Gasteiger partial charge in [0.25, 0.3) is 0 Å². The summed E-state index contributed by atoms with van der Waals surface area (Å²) in [6.45, 7) is 0.570. The molecule has 3 heteroatoms. The highest BCUT2D eigenvalue weighted by Gasteiger charge is 1.66. The van der Waals surface area contributed by atoms with Crippen LogP contribution in [0.5, 0.6) is 0 Å². The first-order valence-electron chi connectivity index (χ1n) is 2.09. The number of methoxy groups -OCH3 is 1. The van der Waals surface area contributed by atoms with Crippen LogP contribution in [-0.2, 0) is 4.74 Å². The number of ether oxygens (including phenoxy) is 1. The quantitative estimate of drug-likeness (QED) is 0.397. The van der Waals surface area contributed by atoms with Gasteiger partial charge in [-0.25, -0.2) is 0 Å². The van der Waals surface area contributed by atoms with Crippen molar-refractivity contribution >= 4 is 6.21 Å². The van der Waals surface area contributed by atoms with Gasteiger partial charge in [-0.1, -0.05) is 0 Å². The predicted octanol–water partition coefficient (Wildman–Crippen LogP) is -0.162. The van der Waals surface area contributed by atoms with Crippen molar-refractivity contribution in [2.45, 2.75) is 0 Å². The maximum absolute atomic E-state index is 4.65. The second-order valence-electron chi connectivity index (χ2n) is 0.991. The maximum atomic E-state index is 4.65. The van der Waals surface area contributed by atoms with Gasteiger partial charge in [-0.2, -0.15) is 5.10 Å². The molecule has 0 aliphatic heterocycles. The van der Waals surface area contributed by atoms with Crippen molar-refractivity contribution in [2.24, 2.45) is 5.10 Å². The average Bonchev–Trinajstić information content (AvgIpc) is 1.69. The van der Waals surface area contributed by atoms with E-state index >= 15 is 0 Å². The lowest BCUT2D eigenvalue weighted by Gasteiger charge is -1.85. The number of rotatable bonds is 3. The molecule has 0 fully saturated rings. The Kier molecular flexibility index (Phi) is 4.99. The second-order valence-corrected chi connectivity index (χ2v) is 0.991. The Labute approximate surface area is 43.4 Å². The van der Waals surface area contributed by atoms with Crippen molar-refractivity contribution in [3.63, 3.8) is 0 Å². The van der Waals surface area contributed by atoms with Crippen LogP contribution in [0.25, 0.3) is 0 Å². The van der Waals surface area contributed by atoms with Crippen LogP contribution in [0.4, 0.5) is 0 Å². The van der Waals surface area contributed by atoms with Crippen molar-refractivity contribution < 1.29 is 4.74 Å². The van der Waals surface area contributed by atoms with E-state index in [1.54, 1.807) is 20.4 Å². The third kappa shape index (κ3) is 5.43. The van der Waals surface area contributed by atoms with E-state index in [1.165, 1.54) is 0 Å². The number of hydrogen-bond donors (Lipinski definition) is 1. The Balaban J connectivity index is 2.78. The minimum absolute atomic E-state index is 0.570. The van der Waals surface area contributed by atoms with Crippen LogP contribution in [0, 0.1) is 0 Å². The molecule has 0 amide bonds. The zero-order chi connectivity index (χ0) is 5.54. The zero-order valence-corrected chi connectivity index (χ0v) is 4.64. The third-order valence-electron chi connectivity index (χ3n) is 0.462. The first-order chi connectivity index (χ1) is 3.41. The normalized spacial score (nSPS) is 10.0. The average molecular weight is 102 g/mol. The van der Waals surface area contributed by atoms with E-state index in [9.17, 15) is 0 Å². The first kappa shape index (κ1) is 6.43. The van der Waals surface area contributed by atoms with Gasteiger partial charge >= 0.3 is 0 Å². The molecule has 0 heterocycles. The molecule has 0 atom stereocenters. The SMILES string of the molecule is CN/N=C/COC. The van der Waals surface area contributed by atoms with Gasteiger partial charge in [-0.05, 0) is 0 Å². The molecule has 0 rings (SSSR count). The molecular formula is C4H10N2O. The smallest absolute Gasteiger partial charge is 0.0832 e. The van der Waals surface area contributed by atoms with E-state index < -0.39 is 0 Å². The fourth-order valence-corrected chi connectivity index (χ4v) is 0.203. The van der Waals surface area contributed by atoms with Gasteiger partial charge in [0, 0.05) is 20.4 Å². The number of hydrazone groups is 1. The maximum Gasteiger partial charge on any atom is 0.0832 e. The summed E-state index contributed by atoms with van der Waals surface area (Å²) in [5, 5.41) is 3.66. The van der Waals surface area contributed by atoms with Gasteiger partial charge in [0.05, 0.1) is 6.61 Å². The molecule has 0 saturated heterocycles. The summed E-state index contributed by atoms with van der Waals surface area (Å²) in [5.41, 5.74) is 2.59. The van der Waals surface area contributed by atoms with Gasteiger partial charge < -0.3 is 10.2 Å². The molecule has 0 saturated carbocycles. The molecule has 0 aromatic rings. The zero-order valence-electron chi connectivity index (χ0n) is 4.64. The van der Waals surface area contributed by atoms with Crippen LogP contribution in [0.2, 0.25) is 0 Å². The Morgan fingerprint density at radius 2 is 2.57 bits per heavy atom.